The zero-order valence-electron chi connectivity index (χ0n) is 67.9. The van der Waals surface area contributed by atoms with E-state index in [4.69, 9.17) is 54.7 Å². The molecule has 6 N–H and O–H groups in total. The monoisotopic (exact) mass is 1680 g/mol. The second-order valence-corrected chi connectivity index (χ2v) is 26.3. The molecule has 4 fully saturated rings. The Morgan fingerprint density at radius 3 is 1.07 bits per heavy atom. The third-order valence-electron chi connectivity index (χ3n) is 16.8. The molecule has 2 saturated heterocycles. The first-order valence-electron chi connectivity index (χ1n) is 38.5. The van der Waals surface area contributed by atoms with Crippen LogP contribution in [0, 0.1) is 319 Å². The minimum Gasteiger partial charge on any atom is -0.481 e. The highest BCUT2D eigenvalue weighted by atomic mass is 35.5. The number of terminal acetylenes is 1. The van der Waals surface area contributed by atoms with Crippen LogP contribution in [0.1, 0.15) is 82.3 Å². The van der Waals surface area contributed by atoms with Crippen LogP contribution in [0.15, 0.2) is 73.6 Å². The number of nitrogens with zero attached hydrogens (tertiary/aromatic N) is 11. The van der Waals surface area contributed by atoms with Crippen LogP contribution in [0.5, 0.6) is 0 Å². The van der Waals surface area contributed by atoms with E-state index in [1.54, 1.807) is 49.0 Å². The maximum atomic E-state index is 12.8. The lowest BCUT2D eigenvalue weighted by atomic mass is 9.86. The maximum Gasteiger partial charge on any atom is 0.307 e. The van der Waals surface area contributed by atoms with Gasteiger partial charge < -0.3 is 46.1 Å². The molecule has 23 heteroatoms. The van der Waals surface area contributed by atoms with Crippen molar-refractivity contribution in [1.82, 2.24) is 50.1 Å². The number of carbonyl (C=O) groups is 2. The van der Waals surface area contributed by atoms with E-state index in [-0.39, 0.29) is 24.8 Å². The predicted molar refractivity (Wildman–Crippen MR) is 487 cm³/mol. The zero-order chi connectivity index (χ0) is 89.0. The van der Waals surface area contributed by atoms with Crippen molar-refractivity contribution in [3.05, 3.63) is 95.0 Å². The highest BCUT2D eigenvalue weighted by molar-refractivity contribution is 6.34. The lowest BCUT2D eigenvalue weighted by Crippen LogP contribution is -2.52. The Morgan fingerprint density at radius 2 is 0.770 bits per heavy atom. The van der Waals surface area contributed by atoms with Crippen LogP contribution in [0.2, 0.25) is 10.3 Å². The lowest BCUT2D eigenvalue weighted by molar-refractivity contribution is -0.143. The molecule has 0 unspecified atom stereocenters. The van der Waals surface area contributed by atoms with E-state index in [9.17, 15) is 9.59 Å². The van der Waals surface area contributed by atoms with E-state index < -0.39 is 5.97 Å². The molecule has 10 rings (SSSR count). The summed E-state index contributed by atoms with van der Waals surface area (Å²) >= 11 is 12.4. The van der Waals surface area contributed by atoms with E-state index in [2.05, 4.69) is 357 Å². The van der Waals surface area contributed by atoms with Gasteiger partial charge in [0.05, 0.1) is 69.9 Å². The molecular weight excluding hydrogens is 1610 g/mol. The van der Waals surface area contributed by atoms with Crippen LogP contribution >= 0.6 is 23.2 Å². The Kier molecular flexibility index (Phi) is 46.0. The first-order chi connectivity index (χ1) is 62.0. The number of pyridine rings is 4. The number of hydrogen-bond donors (Lipinski definition) is 6. The summed E-state index contributed by atoms with van der Waals surface area (Å²) in [6.07, 6.45) is 24.5. The van der Waals surface area contributed by atoms with Gasteiger partial charge in [0.15, 0.2) is 10.3 Å². The molecule has 0 atom stereocenters. The average molecular weight is 1680 g/mol. The van der Waals surface area contributed by atoms with Gasteiger partial charge in [0.2, 0.25) is 17.8 Å². The zero-order valence-corrected chi connectivity index (χ0v) is 69.4. The molecule has 1 amide bonds. The summed E-state index contributed by atoms with van der Waals surface area (Å²) in [4.78, 5) is 59.9. The molecule has 0 bridgehead atoms. The summed E-state index contributed by atoms with van der Waals surface area (Å²) < 4.78 is 10.1. The Balaban J connectivity index is 0.000000251. The smallest absolute Gasteiger partial charge is 0.307 e. The number of aromatic nitrogens is 8. The Labute approximate surface area is 746 Å². The molecule has 2 saturated carbocycles. The van der Waals surface area contributed by atoms with Crippen molar-refractivity contribution in [3.8, 4) is 297 Å². The van der Waals surface area contributed by atoms with Gasteiger partial charge in [0.25, 0.3) is 0 Å². The molecule has 6 aromatic rings. The number of aliphatic carboxylic acids is 1. The number of amides is 1. The number of carboxylic acids is 1. The Morgan fingerprint density at radius 1 is 0.437 bits per heavy atom. The third-order valence-corrected chi connectivity index (χ3v) is 17.4. The van der Waals surface area contributed by atoms with Crippen molar-refractivity contribution < 1.29 is 24.2 Å². The summed E-state index contributed by atoms with van der Waals surface area (Å²) in [5.41, 5.74) is 2.79. The Bertz CT molecular complexity index is 6740. The molecule has 0 radical (unpaired) electrons. The van der Waals surface area contributed by atoms with Gasteiger partial charge in [-0.15, -0.1) is 6.42 Å². The standard InChI is InChI=1S/C49H4.C27H31ClN8O2.C21H23ClN6O2.C6H10N2O/c1-3-5-7-9-11-13-15-17-19-21-23-25-27-29-31-33-35-37-39-41-43-45-47-49-48-46-44-42-40-38-36-34-32-30-28-26-24-22-20-18-16-14-12-10-8-6-4-2;28-26-25-20(8-10-30-26)4-7-23(35-25)34-21-5-2-18(3-6-21)13-31-27-32-14-19(15-33-27)12-24(37)36(11-1-9-29)22-16-38-17-22;22-20-19-15(7-8-23-20)3-6-17(28-19)27-16-4-1-13(2-5-16)10-24-21-25-11-14(12-26-21)9-18(29)30;7-2-1-3-8-6-4-9-5-6/h1H,2H3;4,7-8,10,14-15,18,21-22H,1-3,5-6,11-13,16-17H2,(H,34,35)(H,31,32,33);3,6-8,11-13,16H,1-2,4-5,9-10H2,(H,27,28)(H,29,30)(H,24,25,26);6,8H,1,3-5H2. The van der Waals surface area contributed by atoms with Gasteiger partial charge in [-0.25, -0.2) is 39.9 Å². The van der Waals surface area contributed by atoms with E-state index in [1.807, 2.05) is 36.4 Å². The molecular formula is C103H68Cl2N16O5. The first kappa shape index (κ1) is 95.4. The lowest BCUT2D eigenvalue weighted by Gasteiger charge is -2.37. The number of ether oxygens (including phenoxy) is 2. The summed E-state index contributed by atoms with van der Waals surface area (Å²) in [7, 11) is 0. The molecule has 604 valence electrons. The summed E-state index contributed by atoms with van der Waals surface area (Å²) in [5.74, 6) is 120. The largest absolute Gasteiger partial charge is 0.481 e. The summed E-state index contributed by atoms with van der Waals surface area (Å²) in [6.45, 7) is 7.20. The van der Waals surface area contributed by atoms with Crippen LogP contribution in [-0.2, 0) is 31.9 Å². The van der Waals surface area contributed by atoms with Crippen molar-refractivity contribution in [1.29, 1.82) is 10.5 Å². The number of carbonyl (C=O) groups excluding carboxylic acids is 1. The number of carboxylic acid groups (broad SMARTS) is 1. The minimum absolute atomic E-state index is 0.0260. The average Bonchev–Trinajstić information content (AvgIpc) is 0.841. The minimum atomic E-state index is -0.886. The second-order valence-electron chi connectivity index (χ2n) is 25.6. The van der Waals surface area contributed by atoms with Crippen molar-refractivity contribution >= 4 is 80.4 Å². The quantitative estimate of drug-likeness (QED) is 0.0238. The van der Waals surface area contributed by atoms with Crippen molar-refractivity contribution in [2.45, 2.75) is 108 Å². The maximum absolute atomic E-state index is 12.8. The van der Waals surface area contributed by atoms with E-state index in [1.165, 1.54) is 0 Å². The molecule has 6 aromatic heterocycles. The highest BCUT2D eigenvalue weighted by Crippen LogP contribution is 2.30. The number of anilines is 4. The molecule has 0 aromatic carbocycles. The van der Waals surface area contributed by atoms with Crippen LogP contribution < -0.4 is 26.6 Å². The van der Waals surface area contributed by atoms with E-state index in [0.29, 0.717) is 90.3 Å². The topological polar surface area (TPSA) is 287 Å². The van der Waals surface area contributed by atoms with Gasteiger partial charge in [0.1, 0.15) is 22.7 Å². The molecule has 126 heavy (non-hydrogen) atoms. The molecule has 21 nitrogen and oxygen atoms in total. The first-order valence-corrected chi connectivity index (χ1v) is 39.2. The molecule has 0 spiro atoms. The van der Waals surface area contributed by atoms with E-state index in [0.717, 1.165) is 123 Å². The van der Waals surface area contributed by atoms with Crippen LogP contribution in [0.3, 0.4) is 0 Å². The molecule has 2 aliphatic carbocycles. The third kappa shape index (κ3) is 41.1. The van der Waals surface area contributed by atoms with Crippen LogP contribution in [0.25, 0.3) is 21.8 Å². The number of nitrogens with one attached hydrogen (secondary N) is 5. The summed E-state index contributed by atoms with van der Waals surface area (Å²) in [6, 6.07) is 17.3. The van der Waals surface area contributed by atoms with Gasteiger partial charge in [-0.2, -0.15) is 10.5 Å². The molecule has 8 heterocycles. The number of rotatable bonds is 20. The van der Waals surface area contributed by atoms with Gasteiger partial charge in [-0.3, -0.25) is 9.59 Å². The fraction of sp³-hybridized carbons (Fsp3) is 0.262. The van der Waals surface area contributed by atoms with Gasteiger partial charge in [-0.05, 0) is 207 Å². The van der Waals surface area contributed by atoms with Crippen LogP contribution in [-0.4, -0.2) is 139 Å². The van der Waals surface area contributed by atoms with Gasteiger partial charge in [-0.1, -0.05) is 29.1 Å². The number of halogens is 2. The predicted octanol–water partition coefficient (Wildman–Crippen LogP) is 8.23. The number of nitriles is 2. The summed E-state index contributed by atoms with van der Waals surface area (Å²) in [5, 5.41) is 45.5. The normalized spacial score (nSPS) is 13.2. The van der Waals surface area contributed by atoms with Crippen LogP contribution in [0.4, 0.5) is 23.5 Å². The molecule has 4 aliphatic rings. The fourth-order valence-corrected chi connectivity index (χ4v) is 11.3. The second kappa shape index (κ2) is 60.7. The van der Waals surface area contributed by atoms with E-state index >= 15 is 0 Å². The van der Waals surface area contributed by atoms with Gasteiger partial charge >= 0.3 is 5.97 Å². The Hall–Kier alpha value is -17.7. The number of fused-ring (bicyclic) bond motifs is 2. The fourth-order valence-electron chi connectivity index (χ4n) is 10.8. The number of hydrogen-bond acceptors (Lipinski definition) is 19. The van der Waals surface area contributed by atoms with Crippen molar-refractivity contribution in [2.75, 3.05) is 73.9 Å². The van der Waals surface area contributed by atoms with Crippen molar-refractivity contribution in [2.24, 2.45) is 11.8 Å². The highest BCUT2D eigenvalue weighted by Gasteiger charge is 2.30. The SMILES string of the molecule is C#CC#CC#CC#CC#CC#CC#CC#CC#CC#CC#CC#CC#CC#CC#CC#CC#CC#CC#CC#CC#CC#CC#CC#CC.N#CCCN(C(=O)Cc1cnc(NCC2CCC(Nc3ccc4ccnc(Cl)c4n3)CC2)nc1)C1COC1.N#CCCNC1COC1.O=C(O)Cc1cnc(NCC2CCC(Nc3ccc4ccnc(Cl)c4n3)CC2)nc1. The van der Waals surface area contributed by atoms with Crippen molar-refractivity contribution in [3.63, 3.8) is 0 Å². The van der Waals surface area contributed by atoms with Gasteiger partial charge in [0, 0.05) is 276 Å². The molecule has 2 aliphatic heterocycles.